The molecular formula is C23H20N4O3S. The van der Waals surface area contributed by atoms with Crippen LogP contribution in [0.2, 0.25) is 0 Å². The van der Waals surface area contributed by atoms with Crippen molar-refractivity contribution in [2.45, 2.75) is 26.3 Å². The van der Waals surface area contributed by atoms with Crippen molar-refractivity contribution in [1.29, 1.82) is 0 Å². The van der Waals surface area contributed by atoms with E-state index in [0.29, 0.717) is 23.6 Å². The Bertz CT molecular complexity index is 1310. The fraction of sp³-hybridized carbons (Fsp3) is 0.217. The molecule has 1 aliphatic rings. The number of amides is 1. The molecule has 5 rings (SSSR count). The van der Waals surface area contributed by atoms with Gasteiger partial charge in [0.25, 0.3) is 5.56 Å². The van der Waals surface area contributed by atoms with Crippen molar-refractivity contribution in [3.63, 3.8) is 0 Å². The van der Waals surface area contributed by atoms with Gasteiger partial charge < -0.3 is 9.42 Å². The molecule has 7 nitrogen and oxygen atoms in total. The van der Waals surface area contributed by atoms with Crippen molar-refractivity contribution in [2.24, 2.45) is 0 Å². The number of hydrogen-bond donors (Lipinski definition) is 0. The third kappa shape index (κ3) is 3.70. The highest BCUT2D eigenvalue weighted by molar-refractivity contribution is 7.13. The summed E-state index contributed by atoms with van der Waals surface area (Å²) in [5.41, 5.74) is 3.59. The average Bonchev–Trinajstić information content (AvgIpc) is 3.46. The number of nitrogens with zero attached hydrogens (tertiary/aromatic N) is 4. The number of carbonyl (C=O) groups is 1. The first-order valence-corrected chi connectivity index (χ1v) is 11.0. The number of fused-ring (bicyclic) bond motifs is 1. The van der Waals surface area contributed by atoms with Crippen molar-refractivity contribution in [3.05, 3.63) is 75.5 Å². The van der Waals surface area contributed by atoms with Crippen LogP contribution in [0.4, 0.5) is 5.69 Å². The second kappa shape index (κ2) is 7.96. The van der Waals surface area contributed by atoms with Gasteiger partial charge in [0.15, 0.2) is 5.76 Å². The average molecular weight is 433 g/mol. The van der Waals surface area contributed by atoms with Gasteiger partial charge in [0.2, 0.25) is 5.91 Å². The van der Waals surface area contributed by atoms with Crippen LogP contribution >= 0.6 is 11.3 Å². The Hall–Kier alpha value is -3.52. The predicted octanol–water partition coefficient (Wildman–Crippen LogP) is 3.91. The normalized spacial score (nSPS) is 13.3. The molecule has 0 fully saturated rings. The SMILES string of the molecule is Cc1cc(-c2cc(=O)n(CC(=O)N3CCCc4ccccc43)nc2-c2cccs2)on1. The monoisotopic (exact) mass is 432 g/mol. The topological polar surface area (TPSA) is 81.2 Å². The first-order chi connectivity index (χ1) is 15.1. The third-order valence-corrected chi connectivity index (χ3v) is 6.22. The largest absolute Gasteiger partial charge is 0.356 e. The lowest BCUT2D eigenvalue weighted by Gasteiger charge is -2.29. The Kier molecular flexibility index (Phi) is 4.99. The molecule has 0 spiro atoms. The second-order valence-corrected chi connectivity index (χ2v) is 8.44. The molecule has 156 valence electrons. The highest BCUT2D eigenvalue weighted by Crippen LogP contribution is 2.32. The van der Waals surface area contributed by atoms with E-state index in [2.05, 4.69) is 10.3 Å². The number of para-hydroxylation sites is 1. The molecule has 0 saturated heterocycles. The number of anilines is 1. The summed E-state index contributed by atoms with van der Waals surface area (Å²) in [6.07, 6.45) is 1.85. The summed E-state index contributed by atoms with van der Waals surface area (Å²) in [4.78, 5) is 28.7. The number of thiophene rings is 1. The molecular weight excluding hydrogens is 412 g/mol. The lowest BCUT2D eigenvalue weighted by molar-refractivity contribution is -0.119. The zero-order valence-electron chi connectivity index (χ0n) is 16.9. The van der Waals surface area contributed by atoms with E-state index in [4.69, 9.17) is 4.52 Å². The summed E-state index contributed by atoms with van der Waals surface area (Å²) in [6.45, 7) is 2.33. The fourth-order valence-electron chi connectivity index (χ4n) is 3.88. The van der Waals surface area contributed by atoms with Gasteiger partial charge in [0.1, 0.15) is 12.2 Å². The Morgan fingerprint density at radius 2 is 2.06 bits per heavy atom. The minimum Gasteiger partial charge on any atom is -0.356 e. The Labute approximate surface area is 182 Å². The number of rotatable bonds is 4. The smallest absolute Gasteiger partial charge is 0.268 e. The van der Waals surface area contributed by atoms with E-state index in [-0.39, 0.29) is 18.0 Å². The Balaban J connectivity index is 1.53. The van der Waals surface area contributed by atoms with Crippen LogP contribution in [0.15, 0.2) is 63.2 Å². The molecule has 0 radical (unpaired) electrons. The Morgan fingerprint density at radius 3 is 2.84 bits per heavy atom. The van der Waals surface area contributed by atoms with Crippen molar-refractivity contribution >= 4 is 22.9 Å². The van der Waals surface area contributed by atoms with Crippen LogP contribution in [0, 0.1) is 6.92 Å². The van der Waals surface area contributed by atoms with Gasteiger partial charge in [-0.25, -0.2) is 4.68 Å². The van der Waals surface area contributed by atoms with Gasteiger partial charge in [-0.15, -0.1) is 11.3 Å². The highest BCUT2D eigenvalue weighted by Gasteiger charge is 2.24. The van der Waals surface area contributed by atoms with Crippen molar-refractivity contribution in [2.75, 3.05) is 11.4 Å². The van der Waals surface area contributed by atoms with E-state index in [9.17, 15) is 9.59 Å². The molecule has 4 aromatic rings. The molecule has 31 heavy (non-hydrogen) atoms. The van der Waals surface area contributed by atoms with E-state index < -0.39 is 0 Å². The first kappa shape index (κ1) is 19.4. The van der Waals surface area contributed by atoms with E-state index in [1.54, 1.807) is 11.0 Å². The summed E-state index contributed by atoms with van der Waals surface area (Å²) >= 11 is 1.51. The van der Waals surface area contributed by atoms with Crippen molar-refractivity contribution in [1.82, 2.24) is 14.9 Å². The molecule has 0 unspecified atom stereocenters. The van der Waals surface area contributed by atoms with Crippen LogP contribution in [0.25, 0.3) is 21.9 Å². The van der Waals surface area contributed by atoms with Crippen molar-refractivity contribution in [3.8, 4) is 21.9 Å². The summed E-state index contributed by atoms with van der Waals surface area (Å²) in [5.74, 6) is 0.330. The lowest BCUT2D eigenvalue weighted by Crippen LogP contribution is -2.40. The molecule has 0 N–H and O–H groups in total. The molecule has 3 aromatic heterocycles. The minimum absolute atomic E-state index is 0.124. The lowest BCUT2D eigenvalue weighted by atomic mass is 10.0. The quantitative estimate of drug-likeness (QED) is 0.488. The molecule has 0 atom stereocenters. The van der Waals surface area contributed by atoms with Crippen LogP contribution in [-0.4, -0.2) is 27.4 Å². The predicted molar refractivity (Wildman–Crippen MR) is 119 cm³/mol. The molecule has 1 aromatic carbocycles. The maximum atomic E-state index is 13.1. The van der Waals surface area contributed by atoms with Gasteiger partial charge in [0.05, 0.1) is 16.1 Å². The molecule has 1 aliphatic heterocycles. The first-order valence-electron chi connectivity index (χ1n) is 10.1. The van der Waals surface area contributed by atoms with Crippen molar-refractivity contribution < 1.29 is 9.32 Å². The second-order valence-electron chi connectivity index (χ2n) is 7.49. The number of hydrogen-bond acceptors (Lipinski definition) is 6. The van der Waals surface area contributed by atoms with E-state index in [1.165, 1.54) is 22.1 Å². The summed E-state index contributed by atoms with van der Waals surface area (Å²) in [5, 5.41) is 10.4. The van der Waals surface area contributed by atoms with E-state index in [0.717, 1.165) is 34.7 Å². The Morgan fingerprint density at radius 1 is 1.19 bits per heavy atom. The number of aryl methyl sites for hydroxylation is 2. The number of aromatic nitrogens is 3. The summed E-state index contributed by atoms with van der Waals surface area (Å²) < 4.78 is 6.63. The zero-order chi connectivity index (χ0) is 21.4. The van der Waals surface area contributed by atoms with Gasteiger partial charge in [-0.2, -0.15) is 5.10 Å². The highest BCUT2D eigenvalue weighted by atomic mass is 32.1. The van der Waals surface area contributed by atoms with Crippen LogP contribution in [0.1, 0.15) is 17.7 Å². The van der Waals surface area contributed by atoms with E-state index >= 15 is 0 Å². The van der Waals surface area contributed by atoms with Gasteiger partial charge in [-0.1, -0.05) is 29.4 Å². The summed E-state index contributed by atoms with van der Waals surface area (Å²) in [6, 6.07) is 15.0. The molecule has 8 heteroatoms. The molecule has 0 aliphatic carbocycles. The van der Waals surface area contributed by atoms with Gasteiger partial charge in [0, 0.05) is 24.4 Å². The van der Waals surface area contributed by atoms with Crippen LogP contribution in [0.3, 0.4) is 0 Å². The standard InChI is InChI=1S/C23H20N4O3S/c1-15-12-19(30-25-15)17-13-21(28)27(24-23(17)20-9-5-11-31-20)14-22(29)26-10-4-7-16-6-2-3-8-18(16)26/h2-3,5-6,8-9,11-13H,4,7,10,14H2,1H3. The van der Waals surface area contributed by atoms with Gasteiger partial charge >= 0.3 is 0 Å². The molecule has 0 saturated carbocycles. The third-order valence-electron chi connectivity index (χ3n) is 5.34. The minimum atomic E-state index is -0.358. The zero-order valence-corrected chi connectivity index (χ0v) is 17.8. The maximum absolute atomic E-state index is 13.1. The molecule has 0 bridgehead atoms. The van der Waals surface area contributed by atoms with Gasteiger partial charge in [-0.05, 0) is 42.8 Å². The fourth-order valence-corrected chi connectivity index (χ4v) is 4.61. The molecule has 1 amide bonds. The molecule has 4 heterocycles. The number of carbonyl (C=O) groups excluding carboxylic acids is 1. The maximum Gasteiger partial charge on any atom is 0.268 e. The van der Waals surface area contributed by atoms with Crippen LogP contribution < -0.4 is 10.5 Å². The number of benzene rings is 1. The van der Waals surface area contributed by atoms with E-state index in [1.807, 2.05) is 48.7 Å². The summed E-state index contributed by atoms with van der Waals surface area (Å²) in [7, 11) is 0. The van der Waals surface area contributed by atoms with Gasteiger partial charge in [-0.3, -0.25) is 9.59 Å². The van der Waals surface area contributed by atoms with Crippen LogP contribution in [0.5, 0.6) is 0 Å². The van der Waals surface area contributed by atoms with Crippen LogP contribution in [-0.2, 0) is 17.8 Å².